The molecule has 1 amide bonds. The summed E-state index contributed by atoms with van der Waals surface area (Å²) in [5.41, 5.74) is 1.31. The van der Waals surface area contributed by atoms with Crippen molar-refractivity contribution < 1.29 is 9.21 Å². The lowest BCUT2D eigenvalue weighted by molar-refractivity contribution is -0.120. The van der Waals surface area contributed by atoms with E-state index in [2.05, 4.69) is 25.3 Å². The molecule has 1 fully saturated rings. The van der Waals surface area contributed by atoms with Crippen molar-refractivity contribution in [2.45, 2.75) is 32.6 Å². The molecule has 8 heteroatoms. The van der Waals surface area contributed by atoms with Crippen molar-refractivity contribution in [3.63, 3.8) is 0 Å². The lowest BCUT2D eigenvalue weighted by Gasteiger charge is -2.26. The fourth-order valence-corrected chi connectivity index (χ4v) is 3.46. The SMILES string of the molecule is Cc1nc2cc(CC(=O)NCCN3CCCCC3)nc(-c3ccco3)n2n1. The van der Waals surface area contributed by atoms with Gasteiger partial charge in [0.25, 0.3) is 0 Å². The molecule has 0 aliphatic carbocycles. The van der Waals surface area contributed by atoms with Crippen LogP contribution in [0, 0.1) is 6.92 Å². The van der Waals surface area contributed by atoms with Crippen molar-refractivity contribution in [3.8, 4) is 11.6 Å². The Labute approximate surface area is 157 Å². The first-order valence-electron chi connectivity index (χ1n) is 9.45. The van der Waals surface area contributed by atoms with Crippen LogP contribution in [0.5, 0.6) is 0 Å². The molecule has 1 saturated heterocycles. The Morgan fingerprint density at radius 1 is 1.26 bits per heavy atom. The third kappa shape index (κ3) is 4.16. The first-order chi connectivity index (χ1) is 13.2. The fraction of sp³-hybridized carbons (Fsp3) is 0.474. The van der Waals surface area contributed by atoms with E-state index in [1.807, 2.05) is 13.0 Å². The molecule has 4 rings (SSSR count). The van der Waals surface area contributed by atoms with Crippen molar-refractivity contribution in [3.05, 3.63) is 36.0 Å². The molecule has 0 aromatic carbocycles. The van der Waals surface area contributed by atoms with Gasteiger partial charge in [-0.3, -0.25) is 4.79 Å². The number of carbonyl (C=O) groups is 1. The summed E-state index contributed by atoms with van der Waals surface area (Å²) >= 11 is 0. The first kappa shape index (κ1) is 17.7. The minimum absolute atomic E-state index is 0.0366. The maximum absolute atomic E-state index is 12.4. The van der Waals surface area contributed by atoms with E-state index in [0.717, 1.165) is 19.6 Å². The summed E-state index contributed by atoms with van der Waals surface area (Å²) in [4.78, 5) is 23.8. The highest BCUT2D eigenvalue weighted by Gasteiger charge is 2.16. The Morgan fingerprint density at radius 2 is 2.11 bits per heavy atom. The van der Waals surface area contributed by atoms with Crippen LogP contribution in [0.4, 0.5) is 0 Å². The van der Waals surface area contributed by atoms with Crippen LogP contribution < -0.4 is 5.32 Å². The largest absolute Gasteiger partial charge is 0.461 e. The second kappa shape index (κ2) is 7.87. The summed E-state index contributed by atoms with van der Waals surface area (Å²) in [5.74, 6) is 1.75. The number of rotatable bonds is 6. The molecule has 1 aliphatic heterocycles. The highest BCUT2D eigenvalue weighted by molar-refractivity contribution is 5.78. The molecule has 0 spiro atoms. The highest BCUT2D eigenvalue weighted by atomic mass is 16.3. The predicted molar refractivity (Wildman–Crippen MR) is 100 cm³/mol. The molecule has 27 heavy (non-hydrogen) atoms. The molecule has 0 saturated carbocycles. The average Bonchev–Trinajstić information content (AvgIpc) is 3.31. The number of furan rings is 1. The third-order valence-electron chi connectivity index (χ3n) is 4.77. The van der Waals surface area contributed by atoms with Crippen LogP contribution in [-0.2, 0) is 11.2 Å². The number of piperidine rings is 1. The lowest BCUT2D eigenvalue weighted by atomic mass is 10.1. The Hall–Kier alpha value is -2.74. The Bertz CT molecular complexity index is 912. The molecule has 3 aromatic rings. The maximum Gasteiger partial charge on any atom is 0.226 e. The molecule has 4 heterocycles. The maximum atomic E-state index is 12.4. The van der Waals surface area contributed by atoms with Crippen molar-refractivity contribution >= 4 is 11.6 Å². The van der Waals surface area contributed by atoms with Crippen molar-refractivity contribution in [1.29, 1.82) is 0 Å². The monoisotopic (exact) mass is 368 g/mol. The lowest BCUT2D eigenvalue weighted by Crippen LogP contribution is -2.38. The van der Waals surface area contributed by atoms with Crippen LogP contribution in [0.3, 0.4) is 0 Å². The Kier molecular flexibility index (Phi) is 5.15. The molecule has 0 radical (unpaired) electrons. The highest BCUT2D eigenvalue weighted by Crippen LogP contribution is 2.19. The van der Waals surface area contributed by atoms with Crippen LogP contribution in [0.25, 0.3) is 17.2 Å². The van der Waals surface area contributed by atoms with Crippen LogP contribution in [0.1, 0.15) is 30.8 Å². The fourth-order valence-electron chi connectivity index (χ4n) is 3.46. The van der Waals surface area contributed by atoms with Crippen LogP contribution in [-0.4, -0.2) is 56.6 Å². The summed E-state index contributed by atoms with van der Waals surface area (Å²) in [7, 11) is 0. The molecular formula is C19H24N6O2. The zero-order valence-electron chi connectivity index (χ0n) is 15.5. The van der Waals surface area contributed by atoms with Gasteiger partial charge in [0.15, 0.2) is 17.2 Å². The van der Waals surface area contributed by atoms with Gasteiger partial charge >= 0.3 is 0 Å². The summed E-state index contributed by atoms with van der Waals surface area (Å²) in [6.07, 6.45) is 5.62. The van der Waals surface area contributed by atoms with Crippen molar-refractivity contribution in [1.82, 2.24) is 29.8 Å². The van der Waals surface area contributed by atoms with Crippen LogP contribution >= 0.6 is 0 Å². The first-order valence-corrected chi connectivity index (χ1v) is 9.45. The van der Waals surface area contributed by atoms with E-state index in [0.29, 0.717) is 35.3 Å². The molecule has 0 bridgehead atoms. The van der Waals surface area contributed by atoms with Crippen molar-refractivity contribution in [2.75, 3.05) is 26.2 Å². The topological polar surface area (TPSA) is 88.6 Å². The van der Waals surface area contributed by atoms with E-state index in [-0.39, 0.29) is 12.3 Å². The van der Waals surface area contributed by atoms with Gasteiger partial charge in [0.2, 0.25) is 5.91 Å². The number of hydrogen-bond donors (Lipinski definition) is 1. The second-order valence-corrected chi connectivity index (χ2v) is 6.91. The summed E-state index contributed by atoms with van der Waals surface area (Å²) in [5, 5.41) is 7.37. The zero-order valence-corrected chi connectivity index (χ0v) is 15.5. The molecule has 1 aliphatic rings. The zero-order chi connectivity index (χ0) is 18.6. The summed E-state index contributed by atoms with van der Waals surface area (Å²) in [6.45, 7) is 5.65. The minimum Gasteiger partial charge on any atom is -0.461 e. The van der Waals surface area contributed by atoms with Crippen molar-refractivity contribution in [2.24, 2.45) is 0 Å². The molecule has 142 valence electrons. The average molecular weight is 368 g/mol. The number of likely N-dealkylation sites (tertiary alicyclic amines) is 1. The number of fused-ring (bicyclic) bond motifs is 1. The van der Waals surface area contributed by atoms with Crippen LogP contribution in [0.2, 0.25) is 0 Å². The van der Waals surface area contributed by atoms with Gasteiger partial charge in [-0.25, -0.2) is 9.97 Å². The van der Waals surface area contributed by atoms with E-state index < -0.39 is 0 Å². The van der Waals surface area contributed by atoms with Crippen LogP contribution in [0.15, 0.2) is 28.9 Å². The molecular weight excluding hydrogens is 344 g/mol. The number of aryl methyl sites for hydroxylation is 1. The molecule has 1 N–H and O–H groups in total. The van der Waals surface area contributed by atoms with E-state index in [4.69, 9.17) is 4.42 Å². The smallest absolute Gasteiger partial charge is 0.226 e. The number of nitrogens with zero attached hydrogens (tertiary/aromatic N) is 5. The third-order valence-corrected chi connectivity index (χ3v) is 4.77. The normalized spacial score (nSPS) is 15.3. The Balaban J connectivity index is 1.44. The number of amides is 1. The van der Waals surface area contributed by atoms with Gasteiger partial charge in [-0.2, -0.15) is 4.52 Å². The van der Waals surface area contributed by atoms with E-state index in [9.17, 15) is 4.79 Å². The quantitative estimate of drug-likeness (QED) is 0.714. The molecule has 0 atom stereocenters. The van der Waals surface area contributed by atoms with E-state index in [1.54, 1.807) is 22.9 Å². The summed E-state index contributed by atoms with van der Waals surface area (Å²) < 4.78 is 7.12. The molecule has 8 nitrogen and oxygen atoms in total. The van der Waals surface area contributed by atoms with Gasteiger partial charge in [-0.15, -0.1) is 5.10 Å². The minimum atomic E-state index is -0.0366. The molecule has 3 aromatic heterocycles. The summed E-state index contributed by atoms with van der Waals surface area (Å²) in [6, 6.07) is 5.42. The van der Waals surface area contributed by atoms with Gasteiger partial charge < -0.3 is 14.6 Å². The number of aromatic nitrogens is 4. The predicted octanol–water partition coefficient (Wildman–Crippen LogP) is 1.84. The number of hydrogen-bond acceptors (Lipinski definition) is 6. The standard InChI is InChI=1S/C19H24N6O2/c1-14-21-17-12-15(22-19(25(17)23-14)16-6-5-11-27-16)13-18(26)20-7-10-24-8-3-2-4-9-24/h5-6,11-12H,2-4,7-10,13H2,1H3,(H,20,26). The van der Waals surface area contributed by atoms with Gasteiger partial charge in [-0.05, 0) is 45.0 Å². The van der Waals surface area contributed by atoms with E-state index >= 15 is 0 Å². The van der Waals surface area contributed by atoms with Gasteiger partial charge in [0, 0.05) is 19.2 Å². The van der Waals surface area contributed by atoms with Gasteiger partial charge in [0.05, 0.1) is 18.4 Å². The van der Waals surface area contributed by atoms with E-state index in [1.165, 1.54) is 19.3 Å². The second-order valence-electron chi connectivity index (χ2n) is 6.91. The molecule has 0 unspecified atom stereocenters. The van der Waals surface area contributed by atoms with Gasteiger partial charge in [0.1, 0.15) is 5.82 Å². The number of carbonyl (C=O) groups excluding carboxylic acids is 1. The van der Waals surface area contributed by atoms with Gasteiger partial charge in [-0.1, -0.05) is 6.42 Å². The Morgan fingerprint density at radius 3 is 2.89 bits per heavy atom. The number of nitrogens with one attached hydrogen (secondary N) is 1.